The first-order valence-electron chi connectivity index (χ1n) is 6.07. The maximum Gasteiger partial charge on any atom is 0.126 e. The molecule has 0 aliphatic rings. The zero-order valence-electron chi connectivity index (χ0n) is 11.2. The molecule has 0 aliphatic heterocycles. The second-order valence-electron chi connectivity index (χ2n) is 4.41. The van der Waals surface area contributed by atoms with E-state index in [-0.39, 0.29) is 12.6 Å². The van der Waals surface area contributed by atoms with E-state index in [1.807, 2.05) is 7.05 Å². The van der Waals surface area contributed by atoms with Gasteiger partial charge in [0.25, 0.3) is 0 Å². The van der Waals surface area contributed by atoms with Crippen LogP contribution >= 0.6 is 0 Å². The first-order chi connectivity index (χ1) is 8.13. The average Bonchev–Trinajstić information content (AvgIpc) is 2.29. The van der Waals surface area contributed by atoms with Crippen molar-refractivity contribution in [2.75, 3.05) is 20.8 Å². The van der Waals surface area contributed by atoms with Gasteiger partial charge in [-0.1, -0.05) is 17.7 Å². The Labute approximate surface area is 104 Å². The fourth-order valence-electron chi connectivity index (χ4n) is 2.28. The van der Waals surface area contributed by atoms with Crippen molar-refractivity contribution < 1.29 is 9.84 Å². The van der Waals surface area contributed by atoms with Gasteiger partial charge in [0.1, 0.15) is 5.75 Å². The van der Waals surface area contributed by atoms with Crippen LogP contribution in [0.15, 0.2) is 12.1 Å². The van der Waals surface area contributed by atoms with Crippen molar-refractivity contribution in [1.82, 2.24) is 5.32 Å². The molecule has 3 nitrogen and oxygen atoms in total. The highest BCUT2D eigenvalue weighted by Crippen LogP contribution is 2.32. The van der Waals surface area contributed by atoms with Crippen LogP contribution in [-0.2, 0) is 0 Å². The molecule has 0 saturated heterocycles. The van der Waals surface area contributed by atoms with E-state index in [1.165, 1.54) is 11.1 Å². The molecule has 1 aromatic rings. The van der Waals surface area contributed by atoms with E-state index in [1.54, 1.807) is 7.11 Å². The van der Waals surface area contributed by atoms with Gasteiger partial charge in [-0.3, -0.25) is 0 Å². The van der Waals surface area contributed by atoms with Gasteiger partial charge in [-0.2, -0.15) is 0 Å². The van der Waals surface area contributed by atoms with Gasteiger partial charge in [0, 0.05) is 18.2 Å². The molecule has 1 aromatic carbocycles. The standard InChI is InChI=1S/C14H23NO2/c1-10-8-11(2)14(17-4)12(9-10)13(15-3)6-5-7-16/h8-9,13,15-16H,5-7H2,1-4H3. The molecule has 3 heteroatoms. The maximum atomic E-state index is 8.93. The minimum atomic E-state index is 0.227. The number of methoxy groups -OCH3 is 1. The van der Waals surface area contributed by atoms with E-state index in [9.17, 15) is 0 Å². The predicted molar refractivity (Wildman–Crippen MR) is 70.6 cm³/mol. The monoisotopic (exact) mass is 237 g/mol. The van der Waals surface area contributed by atoms with E-state index in [4.69, 9.17) is 9.84 Å². The summed E-state index contributed by atoms with van der Waals surface area (Å²) >= 11 is 0. The van der Waals surface area contributed by atoms with Gasteiger partial charge < -0.3 is 15.2 Å². The van der Waals surface area contributed by atoms with Crippen LogP contribution in [0.1, 0.15) is 35.6 Å². The molecular weight excluding hydrogens is 214 g/mol. The SMILES string of the molecule is CNC(CCCO)c1cc(C)cc(C)c1OC. The van der Waals surface area contributed by atoms with Crippen molar-refractivity contribution in [2.45, 2.75) is 32.7 Å². The fourth-order valence-corrected chi connectivity index (χ4v) is 2.28. The molecule has 1 rings (SSSR count). The Morgan fingerprint density at radius 2 is 2.06 bits per heavy atom. The van der Waals surface area contributed by atoms with Crippen LogP contribution in [0.25, 0.3) is 0 Å². The lowest BCUT2D eigenvalue weighted by atomic mass is 9.96. The minimum absolute atomic E-state index is 0.227. The smallest absolute Gasteiger partial charge is 0.126 e. The number of benzene rings is 1. The largest absolute Gasteiger partial charge is 0.496 e. The minimum Gasteiger partial charge on any atom is -0.496 e. The predicted octanol–water partition coefficient (Wildman–Crippen LogP) is 2.35. The highest BCUT2D eigenvalue weighted by Gasteiger charge is 2.16. The third-order valence-electron chi connectivity index (χ3n) is 3.03. The number of nitrogens with one attached hydrogen (secondary N) is 1. The van der Waals surface area contributed by atoms with Crippen LogP contribution in [0.2, 0.25) is 0 Å². The Morgan fingerprint density at radius 1 is 1.35 bits per heavy atom. The molecule has 0 spiro atoms. The molecular formula is C14H23NO2. The van der Waals surface area contributed by atoms with E-state index < -0.39 is 0 Å². The summed E-state index contributed by atoms with van der Waals surface area (Å²) in [4.78, 5) is 0. The van der Waals surface area contributed by atoms with Crippen molar-refractivity contribution in [2.24, 2.45) is 0 Å². The summed E-state index contributed by atoms with van der Waals surface area (Å²) in [5, 5.41) is 12.2. The highest BCUT2D eigenvalue weighted by atomic mass is 16.5. The van der Waals surface area contributed by atoms with Gasteiger partial charge in [-0.25, -0.2) is 0 Å². The van der Waals surface area contributed by atoms with Gasteiger partial charge in [0.2, 0.25) is 0 Å². The number of hydrogen-bond donors (Lipinski definition) is 2. The molecule has 2 N–H and O–H groups in total. The molecule has 0 saturated carbocycles. The second-order valence-corrected chi connectivity index (χ2v) is 4.41. The highest BCUT2D eigenvalue weighted by molar-refractivity contribution is 5.45. The first-order valence-corrected chi connectivity index (χ1v) is 6.07. The van der Waals surface area contributed by atoms with Crippen molar-refractivity contribution in [1.29, 1.82) is 0 Å². The molecule has 0 radical (unpaired) electrons. The van der Waals surface area contributed by atoms with E-state index in [0.29, 0.717) is 0 Å². The van der Waals surface area contributed by atoms with Crippen molar-refractivity contribution in [3.63, 3.8) is 0 Å². The number of hydrogen-bond acceptors (Lipinski definition) is 3. The Balaban J connectivity index is 3.07. The lowest BCUT2D eigenvalue weighted by Gasteiger charge is -2.21. The van der Waals surface area contributed by atoms with Crippen LogP contribution in [-0.4, -0.2) is 25.9 Å². The van der Waals surface area contributed by atoms with Crippen LogP contribution in [0.5, 0.6) is 5.75 Å². The van der Waals surface area contributed by atoms with Gasteiger partial charge in [-0.15, -0.1) is 0 Å². The number of aliphatic hydroxyl groups is 1. The third-order valence-corrected chi connectivity index (χ3v) is 3.03. The molecule has 0 fully saturated rings. The molecule has 0 amide bonds. The van der Waals surface area contributed by atoms with Crippen LogP contribution in [0, 0.1) is 13.8 Å². The normalized spacial score (nSPS) is 12.5. The van der Waals surface area contributed by atoms with Gasteiger partial charge in [0.05, 0.1) is 7.11 Å². The molecule has 1 unspecified atom stereocenters. The zero-order valence-corrected chi connectivity index (χ0v) is 11.2. The van der Waals surface area contributed by atoms with Crippen LogP contribution in [0.3, 0.4) is 0 Å². The first kappa shape index (κ1) is 14.0. The van der Waals surface area contributed by atoms with E-state index in [0.717, 1.165) is 24.2 Å². The number of aryl methyl sites for hydroxylation is 2. The lowest BCUT2D eigenvalue weighted by Crippen LogP contribution is -2.18. The van der Waals surface area contributed by atoms with Gasteiger partial charge >= 0.3 is 0 Å². The fraction of sp³-hybridized carbons (Fsp3) is 0.571. The molecule has 0 aromatic heterocycles. The molecule has 17 heavy (non-hydrogen) atoms. The molecule has 0 aliphatic carbocycles. The lowest BCUT2D eigenvalue weighted by molar-refractivity contribution is 0.275. The third kappa shape index (κ3) is 3.45. The summed E-state index contributed by atoms with van der Waals surface area (Å²) in [6.45, 7) is 4.38. The van der Waals surface area contributed by atoms with E-state index >= 15 is 0 Å². The van der Waals surface area contributed by atoms with E-state index in [2.05, 4.69) is 31.3 Å². The summed E-state index contributed by atoms with van der Waals surface area (Å²) < 4.78 is 5.49. The topological polar surface area (TPSA) is 41.5 Å². The molecule has 0 heterocycles. The van der Waals surface area contributed by atoms with Crippen LogP contribution in [0.4, 0.5) is 0 Å². The number of rotatable bonds is 6. The van der Waals surface area contributed by atoms with Crippen molar-refractivity contribution in [3.8, 4) is 5.75 Å². The summed E-state index contributed by atoms with van der Waals surface area (Å²) in [6, 6.07) is 4.52. The summed E-state index contributed by atoms with van der Waals surface area (Å²) in [5.41, 5.74) is 3.58. The molecule has 1 atom stereocenters. The van der Waals surface area contributed by atoms with Crippen LogP contribution < -0.4 is 10.1 Å². The van der Waals surface area contributed by atoms with Crippen molar-refractivity contribution >= 4 is 0 Å². The Hall–Kier alpha value is -1.06. The van der Waals surface area contributed by atoms with Crippen molar-refractivity contribution in [3.05, 3.63) is 28.8 Å². The number of ether oxygens (including phenoxy) is 1. The summed E-state index contributed by atoms with van der Waals surface area (Å²) in [5.74, 6) is 0.952. The zero-order chi connectivity index (χ0) is 12.8. The molecule has 96 valence electrons. The summed E-state index contributed by atoms with van der Waals surface area (Å²) in [6.07, 6.45) is 1.70. The Bertz CT molecular complexity index is 363. The molecule has 0 bridgehead atoms. The average molecular weight is 237 g/mol. The Morgan fingerprint density at radius 3 is 2.59 bits per heavy atom. The maximum absolute atomic E-state index is 8.93. The number of aliphatic hydroxyl groups excluding tert-OH is 1. The second kappa shape index (κ2) is 6.62. The summed E-state index contributed by atoms with van der Waals surface area (Å²) in [7, 11) is 3.65. The van der Waals surface area contributed by atoms with Gasteiger partial charge in [-0.05, 0) is 39.3 Å². The Kier molecular flexibility index (Phi) is 5.45. The van der Waals surface area contributed by atoms with Gasteiger partial charge in [0.15, 0.2) is 0 Å². The quantitative estimate of drug-likeness (QED) is 0.798.